The van der Waals surface area contributed by atoms with Crippen molar-refractivity contribution in [2.75, 3.05) is 11.9 Å². The molecule has 26 heavy (non-hydrogen) atoms. The summed E-state index contributed by atoms with van der Waals surface area (Å²) in [7, 11) is 0. The number of hydrogen-bond acceptors (Lipinski definition) is 4. The van der Waals surface area contributed by atoms with Gasteiger partial charge in [-0.25, -0.2) is 0 Å². The van der Waals surface area contributed by atoms with Crippen LogP contribution in [0.25, 0.3) is 0 Å². The van der Waals surface area contributed by atoms with Gasteiger partial charge in [0.25, 0.3) is 0 Å². The Bertz CT molecular complexity index is 702. The Morgan fingerprint density at radius 2 is 1.69 bits per heavy atom. The van der Waals surface area contributed by atoms with Crippen molar-refractivity contribution >= 4 is 17.5 Å². The zero-order chi connectivity index (χ0) is 18.8. The van der Waals surface area contributed by atoms with E-state index in [9.17, 15) is 9.59 Å². The van der Waals surface area contributed by atoms with Gasteiger partial charge in [0.15, 0.2) is 0 Å². The van der Waals surface area contributed by atoms with Crippen LogP contribution in [0.2, 0.25) is 0 Å². The summed E-state index contributed by atoms with van der Waals surface area (Å²) in [4.78, 5) is 23.7. The van der Waals surface area contributed by atoms with Gasteiger partial charge in [-0.05, 0) is 49.2 Å². The topological polar surface area (TPSA) is 93.5 Å². The van der Waals surface area contributed by atoms with Crippen LogP contribution in [0.1, 0.15) is 26.2 Å². The van der Waals surface area contributed by atoms with Crippen molar-refractivity contribution < 1.29 is 14.3 Å². The molecule has 0 radical (unpaired) electrons. The van der Waals surface area contributed by atoms with Crippen LogP contribution in [0.5, 0.6) is 11.5 Å². The van der Waals surface area contributed by atoms with Gasteiger partial charge < -0.3 is 21.1 Å². The predicted octanol–water partition coefficient (Wildman–Crippen LogP) is 3.05. The van der Waals surface area contributed by atoms with Crippen molar-refractivity contribution in [3.63, 3.8) is 0 Å². The Labute approximate surface area is 153 Å². The molecule has 2 aromatic rings. The van der Waals surface area contributed by atoms with E-state index in [1.165, 1.54) is 0 Å². The average Bonchev–Trinajstić information content (AvgIpc) is 2.66. The summed E-state index contributed by atoms with van der Waals surface area (Å²) >= 11 is 0. The Morgan fingerprint density at radius 3 is 2.35 bits per heavy atom. The molecule has 0 spiro atoms. The summed E-state index contributed by atoms with van der Waals surface area (Å²) in [6.07, 6.45) is 1.34. The maximum Gasteiger partial charge on any atom is 0.236 e. The summed E-state index contributed by atoms with van der Waals surface area (Å²) < 4.78 is 5.70. The third-order valence-electron chi connectivity index (χ3n) is 3.69. The van der Waals surface area contributed by atoms with Crippen LogP contribution in [0, 0.1) is 0 Å². The van der Waals surface area contributed by atoms with Gasteiger partial charge in [-0.15, -0.1) is 0 Å². The van der Waals surface area contributed by atoms with Gasteiger partial charge in [-0.2, -0.15) is 0 Å². The Morgan fingerprint density at radius 1 is 1.04 bits per heavy atom. The first-order valence-electron chi connectivity index (χ1n) is 8.74. The SMILES string of the molecule is CCCNC(=O)C(N)CCC(=O)Nc1ccc(Oc2ccccc2)cc1. The molecule has 6 heteroatoms. The van der Waals surface area contributed by atoms with Crippen LogP contribution in [0.15, 0.2) is 54.6 Å². The van der Waals surface area contributed by atoms with Crippen molar-refractivity contribution in [1.29, 1.82) is 0 Å². The molecule has 6 nitrogen and oxygen atoms in total. The number of nitrogens with two attached hydrogens (primary N) is 1. The van der Waals surface area contributed by atoms with Crippen molar-refractivity contribution in [1.82, 2.24) is 5.32 Å². The number of amides is 2. The van der Waals surface area contributed by atoms with Gasteiger partial charge >= 0.3 is 0 Å². The van der Waals surface area contributed by atoms with E-state index in [4.69, 9.17) is 10.5 Å². The van der Waals surface area contributed by atoms with Gasteiger partial charge in [-0.1, -0.05) is 25.1 Å². The maximum atomic E-state index is 12.0. The summed E-state index contributed by atoms with van der Waals surface area (Å²) in [5.41, 5.74) is 6.45. The van der Waals surface area contributed by atoms with Crippen LogP contribution in [-0.4, -0.2) is 24.4 Å². The lowest BCUT2D eigenvalue weighted by atomic mass is 10.1. The first-order chi connectivity index (χ1) is 12.6. The molecular formula is C20H25N3O3. The molecule has 0 bridgehead atoms. The second kappa shape index (κ2) is 10.2. The average molecular weight is 355 g/mol. The molecule has 0 aliphatic carbocycles. The van der Waals surface area contributed by atoms with Gasteiger partial charge in [0, 0.05) is 18.7 Å². The Balaban J connectivity index is 1.77. The molecule has 4 N–H and O–H groups in total. The van der Waals surface area contributed by atoms with E-state index in [2.05, 4.69) is 10.6 Å². The standard InChI is InChI=1S/C20H25N3O3/c1-2-14-22-20(25)18(21)12-13-19(24)23-15-8-10-17(11-9-15)26-16-6-4-3-5-7-16/h3-11,18H,2,12-14,21H2,1H3,(H,22,25)(H,23,24). The number of nitrogens with one attached hydrogen (secondary N) is 2. The van der Waals surface area contributed by atoms with Crippen molar-refractivity contribution in [2.45, 2.75) is 32.2 Å². The number of ether oxygens (including phenoxy) is 1. The number of anilines is 1. The van der Waals surface area contributed by atoms with E-state index < -0.39 is 6.04 Å². The summed E-state index contributed by atoms with van der Waals surface area (Å²) in [5, 5.41) is 5.51. The molecule has 0 heterocycles. The van der Waals surface area contributed by atoms with Crippen LogP contribution in [0.3, 0.4) is 0 Å². The molecule has 0 fully saturated rings. The number of para-hydroxylation sites is 1. The van der Waals surface area contributed by atoms with Crippen molar-refractivity contribution in [2.24, 2.45) is 5.73 Å². The van der Waals surface area contributed by atoms with Gasteiger partial charge in [0.1, 0.15) is 11.5 Å². The number of rotatable bonds is 9. The fourth-order valence-corrected chi connectivity index (χ4v) is 2.25. The lowest BCUT2D eigenvalue weighted by Gasteiger charge is -2.12. The first kappa shape index (κ1) is 19.5. The lowest BCUT2D eigenvalue weighted by molar-refractivity contribution is -0.122. The van der Waals surface area contributed by atoms with E-state index in [0.29, 0.717) is 24.4 Å². The molecule has 2 aromatic carbocycles. The minimum atomic E-state index is -0.672. The normalized spacial score (nSPS) is 11.5. The van der Waals surface area contributed by atoms with Gasteiger partial charge in [0.05, 0.1) is 6.04 Å². The molecule has 2 amide bonds. The minimum Gasteiger partial charge on any atom is -0.457 e. The molecule has 0 aromatic heterocycles. The second-order valence-corrected chi connectivity index (χ2v) is 5.92. The van der Waals surface area contributed by atoms with E-state index >= 15 is 0 Å². The van der Waals surface area contributed by atoms with Crippen LogP contribution in [0.4, 0.5) is 5.69 Å². The first-order valence-corrected chi connectivity index (χ1v) is 8.74. The van der Waals surface area contributed by atoms with Crippen molar-refractivity contribution in [3.05, 3.63) is 54.6 Å². The molecule has 0 saturated heterocycles. The highest BCUT2D eigenvalue weighted by atomic mass is 16.5. The van der Waals surface area contributed by atoms with Gasteiger partial charge in [0.2, 0.25) is 11.8 Å². The molecule has 0 aliphatic heterocycles. The minimum absolute atomic E-state index is 0.180. The highest BCUT2D eigenvalue weighted by molar-refractivity contribution is 5.91. The van der Waals surface area contributed by atoms with Crippen molar-refractivity contribution in [3.8, 4) is 11.5 Å². The van der Waals surface area contributed by atoms with Crippen LogP contribution >= 0.6 is 0 Å². The highest BCUT2D eigenvalue weighted by Crippen LogP contribution is 2.22. The molecule has 1 unspecified atom stereocenters. The second-order valence-electron chi connectivity index (χ2n) is 5.92. The Kier molecular flexibility index (Phi) is 7.64. The number of hydrogen-bond donors (Lipinski definition) is 3. The Hall–Kier alpha value is -2.86. The van der Waals surface area contributed by atoms with Crippen LogP contribution < -0.4 is 21.1 Å². The fraction of sp³-hybridized carbons (Fsp3) is 0.300. The predicted molar refractivity (Wildman–Crippen MR) is 102 cm³/mol. The number of benzene rings is 2. The number of carbonyl (C=O) groups is 2. The highest BCUT2D eigenvalue weighted by Gasteiger charge is 2.14. The monoisotopic (exact) mass is 355 g/mol. The zero-order valence-corrected chi connectivity index (χ0v) is 14.9. The lowest BCUT2D eigenvalue weighted by Crippen LogP contribution is -2.41. The van der Waals surface area contributed by atoms with E-state index in [1.54, 1.807) is 24.3 Å². The zero-order valence-electron chi connectivity index (χ0n) is 14.9. The quantitative estimate of drug-likeness (QED) is 0.644. The van der Waals surface area contributed by atoms with E-state index in [-0.39, 0.29) is 18.2 Å². The maximum absolute atomic E-state index is 12.0. The molecule has 0 saturated carbocycles. The summed E-state index contributed by atoms with van der Waals surface area (Å²) in [6.45, 7) is 2.56. The van der Waals surface area contributed by atoms with Crippen LogP contribution in [-0.2, 0) is 9.59 Å². The number of carbonyl (C=O) groups excluding carboxylic acids is 2. The molecule has 138 valence electrons. The van der Waals surface area contributed by atoms with E-state index in [1.807, 2.05) is 37.3 Å². The fourth-order valence-electron chi connectivity index (χ4n) is 2.25. The third-order valence-corrected chi connectivity index (χ3v) is 3.69. The summed E-state index contributed by atoms with van der Waals surface area (Å²) in [5.74, 6) is 1.03. The third kappa shape index (κ3) is 6.57. The van der Waals surface area contributed by atoms with Gasteiger partial charge in [-0.3, -0.25) is 9.59 Å². The summed E-state index contributed by atoms with van der Waals surface area (Å²) in [6, 6.07) is 15.9. The largest absolute Gasteiger partial charge is 0.457 e. The molecule has 2 rings (SSSR count). The molecule has 1 atom stereocenters. The molecular weight excluding hydrogens is 330 g/mol. The smallest absolute Gasteiger partial charge is 0.236 e. The van der Waals surface area contributed by atoms with E-state index in [0.717, 1.165) is 12.2 Å². The molecule has 0 aliphatic rings.